The van der Waals surface area contributed by atoms with Crippen LogP contribution in [0.4, 0.5) is 23.2 Å². The third kappa shape index (κ3) is 3.86. The third-order valence-electron chi connectivity index (χ3n) is 4.82. The minimum absolute atomic E-state index is 0.192. The Morgan fingerprint density at radius 2 is 1.82 bits per heavy atom. The van der Waals surface area contributed by atoms with Gasteiger partial charge in [0.05, 0.1) is 16.5 Å². The number of alkyl halides is 3. The fourth-order valence-electron chi connectivity index (χ4n) is 3.39. The molecule has 28 heavy (non-hydrogen) atoms. The second-order valence-corrected chi connectivity index (χ2v) is 8.79. The third-order valence-corrected chi connectivity index (χ3v) is 6.73. The Morgan fingerprint density at radius 3 is 2.46 bits per heavy atom. The van der Waals surface area contributed by atoms with E-state index >= 15 is 0 Å². The maximum atomic E-state index is 13.6. The molecule has 0 aromatic heterocycles. The van der Waals surface area contributed by atoms with Crippen LogP contribution in [0, 0.1) is 5.82 Å². The van der Waals surface area contributed by atoms with Crippen molar-refractivity contribution in [2.24, 2.45) is 0 Å². The molecule has 1 aliphatic rings. The first kappa shape index (κ1) is 20.6. The summed E-state index contributed by atoms with van der Waals surface area (Å²) >= 11 is 0. The number of anilines is 1. The molecule has 2 aromatic rings. The van der Waals surface area contributed by atoms with E-state index in [2.05, 4.69) is 0 Å². The lowest BCUT2D eigenvalue weighted by Gasteiger charge is -2.26. The Balaban J connectivity index is 2.01. The highest BCUT2D eigenvalue weighted by Crippen LogP contribution is 2.39. The van der Waals surface area contributed by atoms with Crippen LogP contribution in [0.2, 0.25) is 0 Å². The fourth-order valence-corrected chi connectivity index (χ4v) is 5.10. The highest BCUT2D eigenvalue weighted by atomic mass is 32.2. The Kier molecular flexibility index (Phi) is 5.42. The molecule has 0 N–H and O–H groups in total. The quantitative estimate of drug-likeness (QED) is 0.692. The molecule has 4 nitrogen and oxygen atoms in total. The van der Waals surface area contributed by atoms with Gasteiger partial charge in [-0.3, -0.25) is 0 Å². The molecule has 0 amide bonds. The number of benzene rings is 2. The first-order chi connectivity index (χ1) is 13.0. The van der Waals surface area contributed by atoms with E-state index in [1.54, 1.807) is 6.07 Å². The van der Waals surface area contributed by atoms with E-state index in [1.807, 2.05) is 37.2 Å². The van der Waals surface area contributed by atoms with Crippen LogP contribution in [-0.2, 0) is 16.2 Å². The fraction of sp³-hybridized carbons (Fsp3) is 0.368. The molecule has 0 bridgehead atoms. The lowest BCUT2D eigenvalue weighted by atomic mass is 10.0. The molecule has 1 fully saturated rings. The van der Waals surface area contributed by atoms with E-state index < -0.39 is 38.5 Å². The lowest BCUT2D eigenvalue weighted by Crippen LogP contribution is -2.31. The van der Waals surface area contributed by atoms with Gasteiger partial charge in [-0.25, -0.2) is 12.8 Å². The van der Waals surface area contributed by atoms with E-state index in [0.717, 1.165) is 17.3 Å². The molecule has 0 spiro atoms. The highest BCUT2D eigenvalue weighted by Gasteiger charge is 2.39. The summed E-state index contributed by atoms with van der Waals surface area (Å²) in [6.45, 7) is 0.192. The molecule has 0 saturated carbocycles. The predicted molar refractivity (Wildman–Crippen MR) is 98.0 cm³/mol. The smallest absolute Gasteiger partial charge is 0.378 e. The van der Waals surface area contributed by atoms with Gasteiger partial charge in [0, 0.05) is 26.3 Å². The zero-order chi connectivity index (χ0) is 20.7. The normalized spacial score (nSPS) is 18.4. The molecule has 9 heteroatoms. The van der Waals surface area contributed by atoms with Gasteiger partial charge in [0.25, 0.3) is 0 Å². The van der Waals surface area contributed by atoms with Crippen molar-refractivity contribution in [1.82, 2.24) is 4.31 Å². The summed E-state index contributed by atoms with van der Waals surface area (Å²) in [5.41, 5.74) is 0.0762. The van der Waals surface area contributed by atoms with Gasteiger partial charge in [-0.15, -0.1) is 0 Å². The van der Waals surface area contributed by atoms with Gasteiger partial charge in [-0.1, -0.05) is 12.1 Å². The summed E-state index contributed by atoms with van der Waals surface area (Å²) < 4.78 is 79.9. The van der Waals surface area contributed by atoms with Crippen LogP contribution in [0.25, 0.3) is 0 Å². The number of halogens is 4. The van der Waals surface area contributed by atoms with Crippen LogP contribution in [-0.4, -0.2) is 33.4 Å². The van der Waals surface area contributed by atoms with Crippen molar-refractivity contribution in [3.05, 3.63) is 59.4 Å². The SMILES string of the molecule is CN(C)c1cccc(C2CCCN2S(=O)(=O)c2ccc(F)c(C(F)(F)F)c2)c1. The van der Waals surface area contributed by atoms with Gasteiger partial charge < -0.3 is 4.90 Å². The van der Waals surface area contributed by atoms with Gasteiger partial charge in [0.1, 0.15) is 5.82 Å². The molecule has 0 aliphatic carbocycles. The van der Waals surface area contributed by atoms with Crippen molar-refractivity contribution in [2.45, 2.75) is 30.0 Å². The monoisotopic (exact) mass is 416 g/mol. The Morgan fingerprint density at radius 1 is 1.11 bits per heavy atom. The highest BCUT2D eigenvalue weighted by molar-refractivity contribution is 7.89. The van der Waals surface area contributed by atoms with Crippen LogP contribution in [0.1, 0.15) is 30.0 Å². The van der Waals surface area contributed by atoms with Crippen LogP contribution in [0.5, 0.6) is 0 Å². The van der Waals surface area contributed by atoms with E-state index in [0.29, 0.717) is 25.0 Å². The maximum Gasteiger partial charge on any atom is 0.419 e. The molecule has 1 saturated heterocycles. The summed E-state index contributed by atoms with van der Waals surface area (Å²) in [5, 5.41) is 0. The van der Waals surface area contributed by atoms with E-state index in [1.165, 1.54) is 4.31 Å². The Hall–Kier alpha value is -2.13. The molecule has 152 valence electrons. The number of rotatable bonds is 4. The minimum atomic E-state index is -4.97. The van der Waals surface area contributed by atoms with Crippen LogP contribution < -0.4 is 4.90 Å². The van der Waals surface area contributed by atoms with E-state index in [9.17, 15) is 26.0 Å². The van der Waals surface area contributed by atoms with E-state index in [-0.39, 0.29) is 6.54 Å². The molecule has 1 heterocycles. The molecule has 3 rings (SSSR count). The van der Waals surface area contributed by atoms with Crippen LogP contribution in [0.3, 0.4) is 0 Å². The summed E-state index contributed by atoms with van der Waals surface area (Å²) in [6, 6.07) is 8.68. The predicted octanol–water partition coefficient (Wildman–Crippen LogP) is 4.44. The Bertz CT molecular complexity index is 974. The number of hydrogen-bond acceptors (Lipinski definition) is 3. The largest absolute Gasteiger partial charge is 0.419 e. The molecular weight excluding hydrogens is 396 g/mol. The molecule has 1 aliphatic heterocycles. The molecular formula is C19H20F4N2O2S. The molecule has 2 aromatic carbocycles. The van der Waals surface area contributed by atoms with E-state index in [4.69, 9.17) is 0 Å². The molecule has 0 radical (unpaired) electrons. The summed E-state index contributed by atoms with van der Waals surface area (Å²) in [7, 11) is -0.494. The molecule has 1 unspecified atom stereocenters. The average molecular weight is 416 g/mol. The Labute approximate surface area is 161 Å². The maximum absolute atomic E-state index is 13.6. The lowest BCUT2D eigenvalue weighted by molar-refractivity contribution is -0.140. The van der Waals surface area contributed by atoms with Crippen molar-refractivity contribution in [3.8, 4) is 0 Å². The number of nitrogens with zero attached hydrogens (tertiary/aromatic N) is 2. The minimum Gasteiger partial charge on any atom is -0.378 e. The van der Waals surface area contributed by atoms with Gasteiger partial charge >= 0.3 is 6.18 Å². The van der Waals surface area contributed by atoms with Crippen molar-refractivity contribution in [2.75, 3.05) is 25.5 Å². The van der Waals surface area contributed by atoms with Gasteiger partial charge in [-0.2, -0.15) is 17.5 Å². The summed E-state index contributed by atoms with van der Waals surface area (Å²) in [5.74, 6) is -1.50. The summed E-state index contributed by atoms with van der Waals surface area (Å²) in [4.78, 5) is 1.32. The van der Waals surface area contributed by atoms with Crippen molar-refractivity contribution in [1.29, 1.82) is 0 Å². The van der Waals surface area contributed by atoms with Crippen LogP contribution in [0.15, 0.2) is 47.4 Å². The first-order valence-electron chi connectivity index (χ1n) is 8.67. The van der Waals surface area contributed by atoms with Gasteiger partial charge in [0.2, 0.25) is 10.0 Å². The van der Waals surface area contributed by atoms with Crippen LogP contribution >= 0.6 is 0 Å². The number of hydrogen-bond donors (Lipinski definition) is 0. The topological polar surface area (TPSA) is 40.6 Å². The first-order valence-corrected chi connectivity index (χ1v) is 10.1. The molecule has 1 atom stereocenters. The summed E-state index contributed by atoms with van der Waals surface area (Å²) in [6.07, 6.45) is -3.83. The second-order valence-electron chi connectivity index (χ2n) is 6.90. The van der Waals surface area contributed by atoms with Gasteiger partial charge in [0.15, 0.2) is 0 Å². The van der Waals surface area contributed by atoms with Crippen molar-refractivity contribution >= 4 is 15.7 Å². The zero-order valence-electron chi connectivity index (χ0n) is 15.4. The average Bonchev–Trinajstić information content (AvgIpc) is 3.11. The van der Waals surface area contributed by atoms with Gasteiger partial charge in [-0.05, 0) is 48.7 Å². The second kappa shape index (κ2) is 7.36. The van der Waals surface area contributed by atoms with Crippen molar-refractivity contribution in [3.63, 3.8) is 0 Å². The van der Waals surface area contributed by atoms with Crippen molar-refractivity contribution < 1.29 is 26.0 Å². The standard InChI is InChI=1S/C19H20F4N2O2S/c1-24(2)14-6-3-5-13(11-14)18-7-4-10-25(18)28(26,27)15-8-9-17(20)16(12-15)19(21,22)23/h3,5-6,8-9,11-12,18H,4,7,10H2,1-2H3. The number of sulfonamides is 1. The zero-order valence-corrected chi connectivity index (χ0v) is 16.2.